The predicted octanol–water partition coefficient (Wildman–Crippen LogP) is 4.13. The van der Waals surface area contributed by atoms with E-state index in [1.165, 1.54) is 32.1 Å². The van der Waals surface area contributed by atoms with Gasteiger partial charge in [-0.3, -0.25) is 24.0 Å². The molecular weight excluding hydrogens is 496 g/mol. The van der Waals surface area contributed by atoms with E-state index in [1.54, 1.807) is 13.8 Å². The van der Waals surface area contributed by atoms with Gasteiger partial charge in [-0.2, -0.15) is 0 Å². The minimum atomic E-state index is -2.57. The molecule has 3 saturated carbocycles. The van der Waals surface area contributed by atoms with Gasteiger partial charge in [-0.05, 0) is 74.0 Å². The largest absolute Gasteiger partial charge is 0.507 e. The third-order valence-electron chi connectivity index (χ3n) is 10.3. The third-order valence-corrected chi connectivity index (χ3v) is 10.3. The van der Waals surface area contributed by atoms with Crippen molar-refractivity contribution in [2.24, 2.45) is 41.4 Å². The number of aryl methyl sites for hydroxylation is 2. The molecule has 5 unspecified atom stereocenters. The second-order valence-corrected chi connectivity index (χ2v) is 13.0. The highest BCUT2D eigenvalue weighted by molar-refractivity contribution is 6.32. The molecule has 4 aliphatic carbocycles. The molecule has 0 aliphatic heterocycles. The van der Waals surface area contributed by atoms with Gasteiger partial charge in [0.1, 0.15) is 17.5 Å². The highest BCUT2D eigenvalue weighted by Gasteiger charge is 2.68. The standard InChI is InChI=1S/C32H40O7/c1-15(2)23-22-14-20-13-21-16(3)12-19(11-10-18-8-6-5-7-9-18)27(34)26(21)29(36)25(20)31(38)32(22,39)30(37)24(17(4)33)28(23)35/h12,15,18,20,22-25,34,39H,5-11,13-14H2,1-4H3/t20?,22?,23?,24?,25?,32-/m0/s1. The fraction of sp³-hybridized carbons (Fsp3) is 0.656. The number of carbonyl (C=O) groups excluding carboxylic acids is 5. The maximum Gasteiger partial charge on any atom is 0.190 e. The Morgan fingerprint density at radius 2 is 1.74 bits per heavy atom. The summed E-state index contributed by atoms with van der Waals surface area (Å²) in [5, 5.41) is 23.1. The van der Waals surface area contributed by atoms with Crippen LogP contribution in [0.2, 0.25) is 0 Å². The Morgan fingerprint density at radius 3 is 2.36 bits per heavy atom. The lowest BCUT2D eigenvalue weighted by atomic mass is 9.49. The topological polar surface area (TPSA) is 126 Å². The first kappa shape index (κ1) is 27.9. The number of phenols is 1. The van der Waals surface area contributed by atoms with Gasteiger partial charge in [0.25, 0.3) is 0 Å². The SMILES string of the molecule is CC(=O)C1C(=O)C(C(C)C)C2CC3Cc4c(C)cc(CCC5CCCCC5)c(O)c4C(=O)C3C(=O)[C@@]2(O)C1=O. The number of carbonyl (C=O) groups is 5. The van der Waals surface area contributed by atoms with E-state index in [2.05, 4.69) is 0 Å². The number of ketones is 5. The van der Waals surface area contributed by atoms with E-state index in [0.29, 0.717) is 29.9 Å². The molecule has 2 N–H and O–H groups in total. The van der Waals surface area contributed by atoms with E-state index in [1.807, 2.05) is 13.0 Å². The van der Waals surface area contributed by atoms with Crippen LogP contribution in [-0.2, 0) is 32.0 Å². The smallest absolute Gasteiger partial charge is 0.190 e. The van der Waals surface area contributed by atoms with Crippen molar-refractivity contribution in [1.29, 1.82) is 0 Å². The van der Waals surface area contributed by atoms with Crippen LogP contribution in [0, 0.1) is 48.3 Å². The first-order valence-electron chi connectivity index (χ1n) is 14.6. The first-order chi connectivity index (χ1) is 18.4. The van der Waals surface area contributed by atoms with Gasteiger partial charge in [-0.1, -0.05) is 52.0 Å². The summed E-state index contributed by atoms with van der Waals surface area (Å²) in [5.41, 5.74) is -0.159. The fourth-order valence-corrected chi connectivity index (χ4v) is 8.32. The van der Waals surface area contributed by atoms with Crippen LogP contribution in [0.4, 0.5) is 0 Å². The molecule has 0 spiro atoms. The van der Waals surface area contributed by atoms with E-state index in [0.717, 1.165) is 18.9 Å². The average Bonchev–Trinajstić information content (AvgIpc) is 2.87. The first-order valence-corrected chi connectivity index (χ1v) is 14.6. The number of rotatable bonds is 5. The molecule has 7 nitrogen and oxygen atoms in total. The molecule has 0 amide bonds. The molecule has 39 heavy (non-hydrogen) atoms. The molecule has 1 aromatic carbocycles. The molecule has 210 valence electrons. The summed E-state index contributed by atoms with van der Waals surface area (Å²) in [6.45, 7) is 6.60. The van der Waals surface area contributed by atoms with Gasteiger partial charge < -0.3 is 10.2 Å². The zero-order chi connectivity index (χ0) is 28.4. The van der Waals surface area contributed by atoms with Crippen LogP contribution in [0.1, 0.15) is 92.8 Å². The molecule has 0 heterocycles. The Balaban J connectivity index is 1.53. The summed E-state index contributed by atoms with van der Waals surface area (Å²) in [5.74, 6) is -8.94. The molecule has 1 aromatic rings. The Bertz CT molecular complexity index is 1250. The number of Topliss-reactive ketones (excluding diaryl/α,β-unsaturated/α-hetero) is 5. The Morgan fingerprint density at radius 1 is 1.08 bits per heavy atom. The monoisotopic (exact) mass is 536 g/mol. The van der Waals surface area contributed by atoms with E-state index in [4.69, 9.17) is 0 Å². The molecular formula is C32H40O7. The van der Waals surface area contributed by atoms with Gasteiger partial charge >= 0.3 is 0 Å². The minimum absolute atomic E-state index is 0.0939. The van der Waals surface area contributed by atoms with E-state index in [-0.39, 0.29) is 23.7 Å². The van der Waals surface area contributed by atoms with Crippen molar-refractivity contribution in [3.8, 4) is 5.75 Å². The number of hydrogen-bond acceptors (Lipinski definition) is 7. The van der Waals surface area contributed by atoms with E-state index < -0.39 is 64.1 Å². The normalized spacial score (nSPS) is 33.1. The van der Waals surface area contributed by atoms with Crippen molar-refractivity contribution in [2.45, 2.75) is 91.1 Å². The molecule has 4 aliphatic rings. The van der Waals surface area contributed by atoms with Gasteiger partial charge in [0.15, 0.2) is 28.7 Å². The zero-order valence-electron chi connectivity index (χ0n) is 23.4. The second kappa shape index (κ2) is 10.1. The van der Waals surface area contributed by atoms with Crippen LogP contribution in [0.15, 0.2) is 6.07 Å². The lowest BCUT2D eigenvalue weighted by molar-refractivity contribution is -0.182. The van der Waals surface area contributed by atoms with Gasteiger partial charge in [-0.25, -0.2) is 0 Å². The predicted molar refractivity (Wildman–Crippen MR) is 143 cm³/mol. The van der Waals surface area contributed by atoms with Crippen LogP contribution < -0.4 is 0 Å². The lowest BCUT2D eigenvalue weighted by Gasteiger charge is -2.52. The summed E-state index contributed by atoms with van der Waals surface area (Å²) in [6.07, 6.45) is 8.12. The molecule has 5 rings (SSSR count). The summed E-state index contributed by atoms with van der Waals surface area (Å²) in [4.78, 5) is 67.1. The van der Waals surface area contributed by atoms with Crippen molar-refractivity contribution in [3.63, 3.8) is 0 Å². The Kier molecular flexibility index (Phi) is 7.19. The minimum Gasteiger partial charge on any atom is -0.507 e. The number of aromatic hydroxyl groups is 1. The van der Waals surface area contributed by atoms with Gasteiger partial charge in [0, 0.05) is 11.8 Å². The number of fused-ring (bicyclic) bond motifs is 3. The molecule has 0 bridgehead atoms. The van der Waals surface area contributed by atoms with Crippen LogP contribution in [-0.4, -0.2) is 44.7 Å². The number of aliphatic hydroxyl groups is 1. The lowest BCUT2D eigenvalue weighted by Crippen LogP contribution is -2.70. The van der Waals surface area contributed by atoms with E-state index in [9.17, 15) is 34.2 Å². The van der Waals surface area contributed by atoms with Gasteiger partial charge in [0.05, 0.1) is 11.5 Å². The maximum atomic E-state index is 14.0. The summed E-state index contributed by atoms with van der Waals surface area (Å²) in [7, 11) is 0. The average molecular weight is 537 g/mol. The van der Waals surface area contributed by atoms with Crippen LogP contribution >= 0.6 is 0 Å². The van der Waals surface area contributed by atoms with Gasteiger partial charge in [-0.15, -0.1) is 0 Å². The molecule has 6 atom stereocenters. The summed E-state index contributed by atoms with van der Waals surface area (Å²) < 4.78 is 0. The van der Waals surface area contributed by atoms with E-state index >= 15 is 0 Å². The summed E-state index contributed by atoms with van der Waals surface area (Å²) >= 11 is 0. The second-order valence-electron chi connectivity index (χ2n) is 13.0. The zero-order valence-corrected chi connectivity index (χ0v) is 23.4. The van der Waals surface area contributed by atoms with Crippen molar-refractivity contribution in [1.82, 2.24) is 0 Å². The quantitative estimate of drug-likeness (QED) is 0.542. The third kappa shape index (κ3) is 4.23. The molecule has 7 heteroatoms. The van der Waals surface area contributed by atoms with Crippen LogP contribution in [0.5, 0.6) is 5.75 Å². The maximum absolute atomic E-state index is 14.0. The number of phenolic OH excluding ortho intramolecular Hbond substituents is 1. The molecule has 0 aromatic heterocycles. The number of benzene rings is 1. The Hall–Kier alpha value is -2.67. The van der Waals surface area contributed by atoms with Crippen molar-refractivity contribution >= 4 is 28.9 Å². The van der Waals surface area contributed by atoms with Crippen LogP contribution in [0.3, 0.4) is 0 Å². The Labute approximate surface area is 229 Å². The van der Waals surface area contributed by atoms with Crippen molar-refractivity contribution in [3.05, 3.63) is 28.3 Å². The van der Waals surface area contributed by atoms with Crippen LogP contribution in [0.25, 0.3) is 0 Å². The molecule has 0 saturated heterocycles. The summed E-state index contributed by atoms with van der Waals surface area (Å²) in [6, 6.07) is 1.95. The molecule has 0 radical (unpaired) electrons. The van der Waals surface area contributed by atoms with Gasteiger partial charge in [0.2, 0.25) is 0 Å². The highest BCUT2D eigenvalue weighted by atomic mass is 16.3. The number of hydrogen-bond donors (Lipinski definition) is 2. The van der Waals surface area contributed by atoms with Crippen molar-refractivity contribution < 1.29 is 34.2 Å². The van der Waals surface area contributed by atoms with Crippen molar-refractivity contribution in [2.75, 3.05) is 0 Å². The fourth-order valence-electron chi connectivity index (χ4n) is 8.32. The highest BCUT2D eigenvalue weighted by Crippen LogP contribution is 2.53. The molecule has 3 fully saturated rings.